The van der Waals surface area contributed by atoms with Crippen LogP contribution in [0.5, 0.6) is 0 Å². The number of hydrogen-bond donors (Lipinski definition) is 2. The maximum Gasteiger partial charge on any atom is 0.243 e. The molecule has 3 rings (SSSR count). The van der Waals surface area contributed by atoms with Crippen molar-refractivity contribution in [3.05, 3.63) is 22.7 Å². The van der Waals surface area contributed by atoms with Gasteiger partial charge in [0.2, 0.25) is 17.7 Å². The molecule has 3 unspecified atom stereocenters. The zero-order valence-corrected chi connectivity index (χ0v) is 17.3. The van der Waals surface area contributed by atoms with Crippen molar-refractivity contribution < 1.29 is 14.4 Å². The first-order valence-electron chi connectivity index (χ1n) is 9.71. The molecular formula is C19H27N5O3S. The second-order valence-electron chi connectivity index (χ2n) is 7.89. The van der Waals surface area contributed by atoms with E-state index in [2.05, 4.69) is 15.5 Å². The lowest BCUT2D eigenvalue weighted by molar-refractivity contribution is -0.148. The van der Waals surface area contributed by atoms with E-state index in [1.807, 2.05) is 33.0 Å². The summed E-state index contributed by atoms with van der Waals surface area (Å²) in [6.07, 6.45) is 5.99. The fraction of sp³-hybridized carbons (Fsp3) is 0.632. The first-order chi connectivity index (χ1) is 13.3. The van der Waals surface area contributed by atoms with Gasteiger partial charge in [0.25, 0.3) is 0 Å². The highest BCUT2D eigenvalue weighted by Crippen LogP contribution is 2.37. The average molecular weight is 406 g/mol. The van der Waals surface area contributed by atoms with Crippen molar-refractivity contribution in [1.82, 2.24) is 25.0 Å². The maximum atomic E-state index is 12.9. The molecule has 1 aliphatic carbocycles. The van der Waals surface area contributed by atoms with E-state index in [1.165, 1.54) is 4.90 Å². The van der Waals surface area contributed by atoms with Crippen molar-refractivity contribution >= 4 is 29.9 Å². The Labute approximate surface area is 169 Å². The van der Waals surface area contributed by atoms with Crippen LogP contribution >= 0.6 is 12.2 Å². The van der Waals surface area contributed by atoms with Gasteiger partial charge in [-0.05, 0) is 37.4 Å². The number of aromatic amines is 1. The number of rotatable bonds is 7. The van der Waals surface area contributed by atoms with Crippen molar-refractivity contribution in [2.75, 3.05) is 6.54 Å². The molecule has 0 radical (unpaired) electrons. The third-order valence-electron chi connectivity index (χ3n) is 5.47. The van der Waals surface area contributed by atoms with Crippen LogP contribution in [0, 0.1) is 22.5 Å². The Morgan fingerprint density at radius 3 is 2.39 bits per heavy atom. The number of carbonyl (C=O) groups excluding carboxylic acids is 3. The SMILES string of the molecule is CC(C)CC(C(=O)NCCc1n[nH]c(=S)n1C)N1C(=O)C2CC=CCC2C1=O. The van der Waals surface area contributed by atoms with Crippen LogP contribution in [0.1, 0.15) is 38.9 Å². The number of allylic oxidation sites excluding steroid dienone is 2. The lowest BCUT2D eigenvalue weighted by Gasteiger charge is -2.27. The zero-order chi connectivity index (χ0) is 20.4. The number of aromatic nitrogens is 3. The van der Waals surface area contributed by atoms with Gasteiger partial charge < -0.3 is 9.88 Å². The molecule has 2 aliphatic rings. The Morgan fingerprint density at radius 1 is 1.29 bits per heavy atom. The lowest BCUT2D eigenvalue weighted by atomic mass is 9.85. The molecule has 1 aromatic rings. The molecule has 2 heterocycles. The van der Waals surface area contributed by atoms with E-state index < -0.39 is 6.04 Å². The maximum absolute atomic E-state index is 12.9. The van der Waals surface area contributed by atoms with Crippen LogP contribution in [0.4, 0.5) is 0 Å². The van der Waals surface area contributed by atoms with E-state index >= 15 is 0 Å². The Kier molecular flexibility index (Phi) is 6.12. The predicted octanol–water partition coefficient (Wildman–Crippen LogP) is 1.50. The lowest BCUT2D eigenvalue weighted by Crippen LogP contribution is -2.51. The molecule has 152 valence electrons. The number of carbonyl (C=O) groups is 3. The Bertz CT molecular complexity index is 830. The van der Waals surface area contributed by atoms with Gasteiger partial charge in [-0.15, -0.1) is 0 Å². The second kappa shape index (κ2) is 8.38. The third-order valence-corrected chi connectivity index (χ3v) is 5.84. The summed E-state index contributed by atoms with van der Waals surface area (Å²) in [5, 5.41) is 9.70. The number of nitrogens with zero attached hydrogens (tertiary/aromatic N) is 3. The molecule has 1 saturated heterocycles. The van der Waals surface area contributed by atoms with E-state index in [0.29, 0.717) is 37.0 Å². The van der Waals surface area contributed by atoms with Crippen LogP contribution in [0.15, 0.2) is 12.2 Å². The molecule has 0 spiro atoms. The van der Waals surface area contributed by atoms with Crippen LogP contribution in [0.3, 0.4) is 0 Å². The number of H-pyrrole nitrogens is 1. The summed E-state index contributed by atoms with van der Waals surface area (Å²) in [5.74, 6) is -0.467. The monoisotopic (exact) mass is 405 g/mol. The Hall–Kier alpha value is -2.29. The van der Waals surface area contributed by atoms with Gasteiger partial charge >= 0.3 is 0 Å². The number of likely N-dealkylation sites (tertiary alicyclic amines) is 1. The molecule has 1 aromatic heterocycles. The van der Waals surface area contributed by atoms with E-state index in [0.717, 1.165) is 5.82 Å². The van der Waals surface area contributed by atoms with Gasteiger partial charge in [-0.25, -0.2) is 0 Å². The van der Waals surface area contributed by atoms with Crippen LogP contribution < -0.4 is 5.32 Å². The summed E-state index contributed by atoms with van der Waals surface area (Å²) >= 11 is 5.08. The molecule has 3 atom stereocenters. The first kappa shape index (κ1) is 20.4. The highest BCUT2D eigenvalue weighted by Gasteiger charge is 2.51. The molecule has 9 heteroatoms. The number of nitrogens with one attached hydrogen (secondary N) is 2. The summed E-state index contributed by atoms with van der Waals surface area (Å²) in [4.78, 5) is 39.9. The van der Waals surface area contributed by atoms with Gasteiger partial charge in [0.05, 0.1) is 11.8 Å². The van der Waals surface area contributed by atoms with E-state index in [9.17, 15) is 14.4 Å². The van der Waals surface area contributed by atoms with Crippen molar-refractivity contribution in [3.8, 4) is 0 Å². The summed E-state index contributed by atoms with van der Waals surface area (Å²) < 4.78 is 2.27. The standard InChI is InChI=1S/C19H27N5O3S/c1-11(2)10-14(16(25)20-9-8-15-21-22-19(28)23(15)3)24-17(26)12-6-4-5-7-13(12)18(24)27/h4-5,11-14H,6-10H2,1-3H3,(H,20,25)(H,22,28). The van der Waals surface area contributed by atoms with E-state index in [1.54, 1.807) is 4.57 Å². The van der Waals surface area contributed by atoms with Gasteiger partial charge in [0.1, 0.15) is 11.9 Å². The van der Waals surface area contributed by atoms with Gasteiger partial charge in [0, 0.05) is 20.0 Å². The molecule has 1 fully saturated rings. The minimum atomic E-state index is -0.770. The summed E-state index contributed by atoms with van der Waals surface area (Å²) in [6.45, 7) is 4.31. The van der Waals surface area contributed by atoms with Crippen LogP contribution in [-0.2, 0) is 27.9 Å². The normalized spacial score (nSPS) is 22.6. The quantitative estimate of drug-likeness (QED) is 0.407. The topological polar surface area (TPSA) is 100 Å². The molecular weight excluding hydrogens is 378 g/mol. The van der Waals surface area contributed by atoms with Crippen LogP contribution in [0.25, 0.3) is 0 Å². The van der Waals surface area contributed by atoms with Gasteiger partial charge in [-0.1, -0.05) is 26.0 Å². The summed E-state index contributed by atoms with van der Waals surface area (Å²) in [5.41, 5.74) is 0. The highest BCUT2D eigenvalue weighted by atomic mass is 32.1. The zero-order valence-electron chi connectivity index (χ0n) is 16.5. The molecule has 1 aliphatic heterocycles. The number of imide groups is 1. The van der Waals surface area contributed by atoms with E-state index in [-0.39, 0.29) is 35.5 Å². The minimum Gasteiger partial charge on any atom is -0.354 e. The average Bonchev–Trinajstić information content (AvgIpc) is 3.11. The van der Waals surface area contributed by atoms with Gasteiger partial charge in [0.15, 0.2) is 4.77 Å². The molecule has 3 amide bonds. The Morgan fingerprint density at radius 2 is 1.89 bits per heavy atom. The number of fused-ring (bicyclic) bond motifs is 1. The molecule has 0 aromatic carbocycles. The molecule has 8 nitrogen and oxygen atoms in total. The molecule has 2 N–H and O–H groups in total. The van der Waals surface area contributed by atoms with Crippen LogP contribution in [0.2, 0.25) is 0 Å². The summed E-state index contributed by atoms with van der Waals surface area (Å²) in [7, 11) is 1.81. The fourth-order valence-electron chi connectivity index (χ4n) is 3.93. The first-order valence-corrected chi connectivity index (χ1v) is 10.1. The fourth-order valence-corrected chi connectivity index (χ4v) is 4.08. The van der Waals surface area contributed by atoms with Crippen molar-refractivity contribution in [2.24, 2.45) is 24.8 Å². The van der Waals surface area contributed by atoms with Gasteiger partial charge in [-0.2, -0.15) is 5.10 Å². The summed E-state index contributed by atoms with van der Waals surface area (Å²) in [6, 6.07) is -0.770. The van der Waals surface area contributed by atoms with Crippen molar-refractivity contribution in [1.29, 1.82) is 0 Å². The molecule has 0 saturated carbocycles. The van der Waals surface area contributed by atoms with Crippen molar-refractivity contribution in [2.45, 2.75) is 45.6 Å². The number of hydrogen-bond acceptors (Lipinski definition) is 5. The second-order valence-corrected chi connectivity index (χ2v) is 8.28. The molecule has 28 heavy (non-hydrogen) atoms. The third kappa shape index (κ3) is 3.94. The van der Waals surface area contributed by atoms with Crippen molar-refractivity contribution in [3.63, 3.8) is 0 Å². The highest BCUT2D eigenvalue weighted by molar-refractivity contribution is 7.71. The predicted molar refractivity (Wildman–Crippen MR) is 106 cm³/mol. The van der Waals surface area contributed by atoms with Gasteiger partial charge in [-0.3, -0.25) is 24.4 Å². The minimum absolute atomic E-state index is 0.170. The van der Waals surface area contributed by atoms with Crippen LogP contribution in [-0.4, -0.2) is 50.0 Å². The molecule has 0 bridgehead atoms. The van der Waals surface area contributed by atoms with E-state index in [4.69, 9.17) is 12.2 Å². The largest absolute Gasteiger partial charge is 0.354 e. The Balaban J connectivity index is 1.70. The smallest absolute Gasteiger partial charge is 0.243 e. The number of amides is 3.